The topological polar surface area (TPSA) is 33.0 Å². The number of rotatable bonds is 1. The highest BCUT2D eigenvalue weighted by Crippen LogP contribution is 2.08. The normalized spacial score (nSPS) is 8.40. The molecule has 0 amide bonds. The van der Waals surface area contributed by atoms with E-state index in [0.717, 1.165) is 5.75 Å². The van der Waals surface area contributed by atoms with Gasteiger partial charge in [0.1, 0.15) is 5.75 Å². The Kier molecular flexibility index (Phi) is 1.91. The molecule has 49 valence electrons. The Bertz CT molecular complexity index is 245. The fraction of sp³-hybridized carbons (Fsp3) is 0.125. The third-order valence-electron chi connectivity index (χ3n) is 1.14. The summed E-state index contributed by atoms with van der Waals surface area (Å²) < 4.78 is 4.87. The minimum Gasteiger partial charge on any atom is -0.497 e. The van der Waals surface area contributed by atoms with Gasteiger partial charge in [-0.1, -0.05) is 0 Å². The van der Waals surface area contributed by atoms with Gasteiger partial charge in [-0.15, -0.1) is 0 Å². The average Bonchev–Trinajstić information content (AvgIpc) is 2.05. The first kappa shape index (κ1) is 6.63. The Labute approximate surface area is 59.7 Å². The van der Waals surface area contributed by atoms with Gasteiger partial charge < -0.3 is 4.74 Å². The van der Waals surface area contributed by atoms with Crippen LogP contribution < -0.4 is 4.74 Å². The van der Waals surface area contributed by atoms with E-state index in [-0.39, 0.29) is 0 Å². The van der Waals surface area contributed by atoms with Gasteiger partial charge in [-0.25, -0.2) is 0 Å². The van der Waals surface area contributed by atoms with Crippen molar-refractivity contribution in [1.29, 1.82) is 5.26 Å². The van der Waals surface area contributed by atoms with Gasteiger partial charge in [0.05, 0.1) is 18.7 Å². The van der Waals surface area contributed by atoms with Gasteiger partial charge in [0, 0.05) is 6.07 Å². The van der Waals surface area contributed by atoms with Crippen LogP contribution in [0.25, 0.3) is 0 Å². The first-order valence-corrected chi connectivity index (χ1v) is 2.82. The number of methoxy groups -OCH3 is 1. The molecule has 0 atom stereocenters. The zero-order valence-corrected chi connectivity index (χ0v) is 5.59. The van der Waals surface area contributed by atoms with Gasteiger partial charge in [0.15, 0.2) is 0 Å². The molecule has 2 nitrogen and oxygen atoms in total. The Morgan fingerprint density at radius 2 is 2.40 bits per heavy atom. The SMILES string of the molecule is COc1c[c]c(C#N)cc1. The van der Waals surface area contributed by atoms with E-state index >= 15 is 0 Å². The maximum absolute atomic E-state index is 8.38. The molecule has 0 unspecified atom stereocenters. The highest BCUT2D eigenvalue weighted by Gasteiger charge is 1.90. The van der Waals surface area contributed by atoms with Crippen LogP contribution in [0, 0.1) is 17.4 Å². The molecule has 1 radical (unpaired) electrons. The van der Waals surface area contributed by atoms with Crippen molar-refractivity contribution in [3.8, 4) is 11.8 Å². The van der Waals surface area contributed by atoms with Gasteiger partial charge in [-0.2, -0.15) is 5.26 Å². The van der Waals surface area contributed by atoms with Crippen molar-refractivity contribution in [3.05, 3.63) is 29.8 Å². The zero-order chi connectivity index (χ0) is 7.40. The van der Waals surface area contributed by atoms with Crippen LogP contribution in [0.1, 0.15) is 5.56 Å². The molecule has 0 saturated carbocycles. The van der Waals surface area contributed by atoms with Gasteiger partial charge in [-0.05, 0) is 18.2 Å². The van der Waals surface area contributed by atoms with E-state index in [1.165, 1.54) is 0 Å². The molecule has 1 aromatic carbocycles. The van der Waals surface area contributed by atoms with Crippen molar-refractivity contribution < 1.29 is 4.74 Å². The molecule has 0 fully saturated rings. The Balaban J connectivity index is 2.93. The van der Waals surface area contributed by atoms with Crippen molar-refractivity contribution in [3.63, 3.8) is 0 Å². The highest BCUT2D eigenvalue weighted by molar-refractivity contribution is 5.33. The number of benzene rings is 1. The van der Waals surface area contributed by atoms with E-state index in [1.807, 2.05) is 6.07 Å². The standard InChI is InChI=1S/C8H6NO/c1-10-8-4-2-7(6-9)3-5-8/h2,4-5H,1H3. The van der Waals surface area contributed by atoms with Crippen molar-refractivity contribution in [2.75, 3.05) is 7.11 Å². The fourth-order valence-electron chi connectivity index (χ4n) is 0.607. The van der Waals surface area contributed by atoms with Crippen LogP contribution in [0.2, 0.25) is 0 Å². The molecule has 1 aromatic rings. The summed E-state index contributed by atoms with van der Waals surface area (Å²) in [5.74, 6) is 0.721. The quantitative estimate of drug-likeness (QED) is 0.578. The maximum atomic E-state index is 8.38. The second-order valence-corrected chi connectivity index (χ2v) is 1.75. The molecule has 0 aromatic heterocycles. The number of nitriles is 1. The lowest BCUT2D eigenvalue weighted by molar-refractivity contribution is 0.414. The van der Waals surface area contributed by atoms with E-state index in [2.05, 4.69) is 6.07 Å². The molecule has 0 spiro atoms. The molecular weight excluding hydrogens is 126 g/mol. The van der Waals surface area contributed by atoms with Gasteiger partial charge in [-0.3, -0.25) is 0 Å². The fourth-order valence-corrected chi connectivity index (χ4v) is 0.607. The lowest BCUT2D eigenvalue weighted by atomic mass is 10.2. The van der Waals surface area contributed by atoms with E-state index in [0.29, 0.717) is 5.56 Å². The summed E-state index contributed by atoms with van der Waals surface area (Å²) in [7, 11) is 1.58. The van der Waals surface area contributed by atoms with E-state index < -0.39 is 0 Å². The lowest BCUT2D eigenvalue weighted by Gasteiger charge is -1.95. The molecule has 0 saturated heterocycles. The number of hydrogen-bond donors (Lipinski definition) is 0. The van der Waals surface area contributed by atoms with Crippen LogP contribution in [0.3, 0.4) is 0 Å². The summed E-state index contributed by atoms with van der Waals surface area (Å²) in [4.78, 5) is 0. The highest BCUT2D eigenvalue weighted by atomic mass is 16.5. The van der Waals surface area contributed by atoms with Gasteiger partial charge in [0.2, 0.25) is 0 Å². The van der Waals surface area contributed by atoms with Gasteiger partial charge in [0.25, 0.3) is 0 Å². The van der Waals surface area contributed by atoms with Crippen LogP contribution in [0.5, 0.6) is 5.75 Å². The first-order valence-electron chi connectivity index (χ1n) is 2.82. The van der Waals surface area contributed by atoms with Crippen molar-refractivity contribution in [1.82, 2.24) is 0 Å². The van der Waals surface area contributed by atoms with Crippen molar-refractivity contribution in [2.24, 2.45) is 0 Å². The predicted molar refractivity (Wildman–Crippen MR) is 36.5 cm³/mol. The minimum absolute atomic E-state index is 0.529. The Morgan fingerprint density at radius 3 is 2.80 bits per heavy atom. The molecule has 0 N–H and O–H groups in total. The smallest absolute Gasteiger partial charge is 0.119 e. The number of hydrogen-bond acceptors (Lipinski definition) is 2. The third kappa shape index (κ3) is 1.26. The van der Waals surface area contributed by atoms with Crippen molar-refractivity contribution >= 4 is 0 Å². The predicted octanol–water partition coefficient (Wildman–Crippen LogP) is 1.37. The van der Waals surface area contributed by atoms with Crippen LogP contribution >= 0.6 is 0 Å². The van der Waals surface area contributed by atoms with E-state index in [4.69, 9.17) is 10.00 Å². The molecular formula is C8H6NO. The second-order valence-electron chi connectivity index (χ2n) is 1.75. The summed E-state index contributed by atoms with van der Waals surface area (Å²) in [6.07, 6.45) is 0. The summed E-state index contributed by atoms with van der Waals surface area (Å²) in [5, 5.41) is 8.38. The van der Waals surface area contributed by atoms with Crippen LogP contribution in [-0.2, 0) is 0 Å². The first-order chi connectivity index (χ1) is 4.86. The summed E-state index contributed by atoms with van der Waals surface area (Å²) in [5.41, 5.74) is 0.529. The van der Waals surface area contributed by atoms with Crippen LogP contribution in [-0.4, -0.2) is 7.11 Å². The summed E-state index contributed by atoms with van der Waals surface area (Å²) >= 11 is 0. The number of nitrogens with zero attached hydrogens (tertiary/aromatic N) is 1. The second kappa shape index (κ2) is 2.88. The van der Waals surface area contributed by atoms with E-state index in [9.17, 15) is 0 Å². The largest absolute Gasteiger partial charge is 0.497 e. The lowest BCUT2D eigenvalue weighted by Crippen LogP contribution is -1.81. The zero-order valence-electron chi connectivity index (χ0n) is 5.59. The Hall–Kier alpha value is -1.49. The van der Waals surface area contributed by atoms with Crippen LogP contribution in [0.15, 0.2) is 18.2 Å². The summed E-state index contributed by atoms with van der Waals surface area (Å²) in [6, 6.07) is 9.75. The third-order valence-corrected chi connectivity index (χ3v) is 1.14. The maximum Gasteiger partial charge on any atom is 0.119 e. The molecule has 0 aliphatic heterocycles. The molecule has 10 heavy (non-hydrogen) atoms. The average molecular weight is 132 g/mol. The monoisotopic (exact) mass is 132 g/mol. The van der Waals surface area contributed by atoms with Crippen molar-refractivity contribution in [2.45, 2.75) is 0 Å². The Morgan fingerprint density at radius 1 is 1.60 bits per heavy atom. The minimum atomic E-state index is 0.529. The van der Waals surface area contributed by atoms with Crippen LogP contribution in [0.4, 0.5) is 0 Å². The molecule has 0 bridgehead atoms. The molecule has 0 aliphatic carbocycles. The van der Waals surface area contributed by atoms with E-state index in [1.54, 1.807) is 25.3 Å². The summed E-state index contributed by atoms with van der Waals surface area (Å²) in [6.45, 7) is 0. The molecule has 0 aliphatic rings. The molecule has 1 rings (SSSR count). The molecule has 0 heterocycles. The molecule has 2 heteroatoms. The number of ether oxygens (including phenoxy) is 1. The van der Waals surface area contributed by atoms with Gasteiger partial charge >= 0.3 is 0 Å².